The molecule has 4 aromatic carbocycles. The first-order valence-corrected chi connectivity index (χ1v) is 9.44. The van der Waals surface area contributed by atoms with Gasteiger partial charge in [0.05, 0.1) is 16.3 Å². The van der Waals surface area contributed by atoms with Crippen LogP contribution in [0, 0.1) is 10.1 Å². The number of hydrogen-bond donors (Lipinski definition) is 1. The summed E-state index contributed by atoms with van der Waals surface area (Å²) in [5.41, 5.74) is 5.98. The van der Waals surface area contributed by atoms with Gasteiger partial charge in [-0.1, -0.05) is 54.6 Å². The van der Waals surface area contributed by atoms with Crippen molar-refractivity contribution >= 4 is 33.7 Å². The molecular formula is C23H17N5O2. The van der Waals surface area contributed by atoms with Gasteiger partial charge in [-0.05, 0) is 35.7 Å². The van der Waals surface area contributed by atoms with E-state index < -0.39 is 4.92 Å². The second kappa shape index (κ2) is 7.21. The van der Waals surface area contributed by atoms with Gasteiger partial charge in [-0.2, -0.15) is 10.2 Å². The molecule has 0 saturated carbocycles. The topological polar surface area (TPSA) is 74.0 Å². The minimum atomic E-state index is -0.410. The van der Waals surface area contributed by atoms with Gasteiger partial charge in [0.1, 0.15) is 0 Å². The van der Waals surface area contributed by atoms with Crippen molar-refractivity contribution in [3.05, 3.63) is 113 Å². The number of amidine groups is 1. The van der Waals surface area contributed by atoms with Gasteiger partial charge in [0.2, 0.25) is 0 Å². The van der Waals surface area contributed by atoms with Crippen molar-refractivity contribution in [3.8, 4) is 0 Å². The summed E-state index contributed by atoms with van der Waals surface area (Å²) in [6.07, 6.45) is 0. The molecule has 0 aliphatic carbocycles. The lowest BCUT2D eigenvalue weighted by Gasteiger charge is -2.28. The van der Waals surface area contributed by atoms with Crippen molar-refractivity contribution in [2.45, 2.75) is 0 Å². The summed E-state index contributed by atoms with van der Waals surface area (Å²) in [4.78, 5) is 10.6. The summed E-state index contributed by atoms with van der Waals surface area (Å²) in [6.45, 7) is 0. The number of hydrazine groups is 2. The monoisotopic (exact) mass is 395 g/mol. The lowest BCUT2D eigenvalue weighted by Crippen LogP contribution is -2.44. The smallest absolute Gasteiger partial charge is 0.259 e. The molecule has 0 aromatic heterocycles. The van der Waals surface area contributed by atoms with E-state index in [2.05, 4.69) is 23.6 Å². The van der Waals surface area contributed by atoms with Crippen LogP contribution in [0.1, 0.15) is 5.56 Å². The van der Waals surface area contributed by atoms with Crippen LogP contribution < -0.4 is 15.7 Å². The maximum absolute atomic E-state index is 11.0. The molecule has 7 nitrogen and oxygen atoms in total. The van der Waals surface area contributed by atoms with E-state index in [1.807, 2.05) is 59.7 Å². The average Bonchev–Trinajstić information content (AvgIpc) is 3.24. The molecule has 0 bridgehead atoms. The Morgan fingerprint density at radius 1 is 0.800 bits per heavy atom. The molecular weight excluding hydrogens is 378 g/mol. The Balaban J connectivity index is 1.59. The van der Waals surface area contributed by atoms with Crippen LogP contribution in [0.15, 0.2) is 102 Å². The first kappa shape index (κ1) is 17.7. The number of nitrogens with zero attached hydrogens (tertiary/aromatic N) is 4. The highest BCUT2D eigenvalue weighted by molar-refractivity contribution is 6.04. The lowest BCUT2D eigenvalue weighted by atomic mass is 10.1. The standard InChI is InChI=1S/C23H17N5O2/c29-28(30)20-15-13-18(14-16-20)23-24-26(19-9-2-1-3-10-19)27(25-23)22-12-6-8-17-7-4-5-11-21(17)22/h1-16H,(H,24,25). The highest BCUT2D eigenvalue weighted by Crippen LogP contribution is 2.31. The molecule has 5 rings (SSSR count). The van der Waals surface area contributed by atoms with E-state index in [4.69, 9.17) is 5.10 Å². The number of non-ortho nitro benzene ring substituents is 1. The molecule has 0 atom stereocenters. The van der Waals surface area contributed by atoms with E-state index in [1.165, 1.54) is 12.1 Å². The van der Waals surface area contributed by atoms with E-state index in [1.54, 1.807) is 17.3 Å². The molecule has 0 fully saturated rings. The summed E-state index contributed by atoms with van der Waals surface area (Å²) in [6, 6.07) is 30.4. The summed E-state index contributed by atoms with van der Waals surface area (Å²) < 4.78 is 0. The number of fused-ring (bicyclic) bond motifs is 1. The molecule has 0 radical (unpaired) electrons. The van der Waals surface area contributed by atoms with E-state index in [0.29, 0.717) is 5.84 Å². The summed E-state index contributed by atoms with van der Waals surface area (Å²) >= 11 is 0. The molecule has 0 amide bonds. The molecule has 1 N–H and O–H groups in total. The zero-order chi connectivity index (χ0) is 20.5. The minimum Gasteiger partial charge on any atom is -0.259 e. The van der Waals surface area contributed by atoms with Gasteiger partial charge in [0, 0.05) is 23.1 Å². The van der Waals surface area contributed by atoms with Crippen molar-refractivity contribution < 1.29 is 4.92 Å². The van der Waals surface area contributed by atoms with Crippen LogP contribution in [0.5, 0.6) is 0 Å². The van der Waals surface area contributed by atoms with Gasteiger partial charge < -0.3 is 0 Å². The number of anilines is 2. The second-order valence-corrected chi connectivity index (χ2v) is 6.80. The maximum Gasteiger partial charge on any atom is 0.269 e. The van der Waals surface area contributed by atoms with Gasteiger partial charge in [0.15, 0.2) is 5.84 Å². The van der Waals surface area contributed by atoms with Crippen LogP contribution >= 0.6 is 0 Å². The molecule has 1 aliphatic rings. The van der Waals surface area contributed by atoms with Crippen molar-refractivity contribution in [2.24, 2.45) is 5.10 Å². The summed E-state index contributed by atoms with van der Waals surface area (Å²) in [7, 11) is 0. The number of hydrazone groups is 1. The minimum absolute atomic E-state index is 0.0446. The Kier molecular flexibility index (Phi) is 4.25. The van der Waals surface area contributed by atoms with Crippen LogP contribution in [0.4, 0.5) is 17.1 Å². The number of benzene rings is 4. The van der Waals surface area contributed by atoms with Crippen LogP contribution in [0.25, 0.3) is 10.8 Å². The van der Waals surface area contributed by atoms with Gasteiger partial charge in [-0.25, -0.2) is 0 Å². The van der Waals surface area contributed by atoms with E-state index in [-0.39, 0.29) is 5.69 Å². The third-order valence-corrected chi connectivity index (χ3v) is 4.93. The van der Waals surface area contributed by atoms with Gasteiger partial charge in [-0.15, -0.1) is 5.10 Å². The fraction of sp³-hybridized carbons (Fsp3) is 0. The highest BCUT2D eigenvalue weighted by Gasteiger charge is 2.27. The maximum atomic E-state index is 11.0. The predicted molar refractivity (Wildman–Crippen MR) is 118 cm³/mol. The molecule has 0 spiro atoms. The predicted octanol–water partition coefficient (Wildman–Crippen LogP) is 4.86. The van der Waals surface area contributed by atoms with Crippen molar-refractivity contribution in [1.29, 1.82) is 0 Å². The Labute approximate surface area is 172 Å². The average molecular weight is 395 g/mol. The van der Waals surface area contributed by atoms with Gasteiger partial charge >= 0.3 is 0 Å². The Hall–Kier alpha value is -4.39. The molecule has 146 valence electrons. The third-order valence-electron chi connectivity index (χ3n) is 4.93. The van der Waals surface area contributed by atoms with E-state index >= 15 is 0 Å². The highest BCUT2D eigenvalue weighted by atomic mass is 16.6. The quantitative estimate of drug-likeness (QED) is 0.395. The Bertz CT molecular complexity index is 1250. The Morgan fingerprint density at radius 2 is 1.50 bits per heavy atom. The number of para-hydroxylation sites is 1. The first-order valence-electron chi connectivity index (χ1n) is 9.44. The largest absolute Gasteiger partial charge is 0.269 e. The normalized spacial score (nSPS) is 13.3. The SMILES string of the molecule is O=[N+]([O-])c1ccc(C2=NN(c3ccccc3)N(c3cccc4ccccc34)N2)cc1. The number of hydrogen-bond acceptors (Lipinski definition) is 6. The van der Waals surface area contributed by atoms with E-state index in [9.17, 15) is 10.1 Å². The fourth-order valence-electron chi connectivity index (χ4n) is 3.46. The molecule has 1 heterocycles. The van der Waals surface area contributed by atoms with Gasteiger partial charge in [-0.3, -0.25) is 15.5 Å². The number of nitro groups is 1. The molecule has 0 saturated heterocycles. The first-order chi connectivity index (χ1) is 14.7. The van der Waals surface area contributed by atoms with Crippen LogP contribution in [-0.4, -0.2) is 10.8 Å². The number of rotatable bonds is 4. The van der Waals surface area contributed by atoms with Crippen molar-refractivity contribution in [3.63, 3.8) is 0 Å². The number of nitro benzene ring substituents is 1. The zero-order valence-electron chi connectivity index (χ0n) is 15.8. The van der Waals surface area contributed by atoms with Crippen LogP contribution in [0.2, 0.25) is 0 Å². The molecule has 7 heteroatoms. The molecule has 30 heavy (non-hydrogen) atoms. The second-order valence-electron chi connectivity index (χ2n) is 6.80. The molecule has 4 aromatic rings. The summed E-state index contributed by atoms with van der Waals surface area (Å²) in [5, 5.41) is 21.6. The van der Waals surface area contributed by atoms with E-state index in [0.717, 1.165) is 27.7 Å². The Morgan fingerprint density at radius 3 is 2.27 bits per heavy atom. The van der Waals surface area contributed by atoms with Crippen molar-refractivity contribution in [1.82, 2.24) is 5.43 Å². The number of nitrogens with one attached hydrogen (secondary N) is 1. The molecule has 1 aliphatic heterocycles. The fourth-order valence-corrected chi connectivity index (χ4v) is 3.46. The summed E-state index contributed by atoms with van der Waals surface area (Å²) in [5.74, 6) is 0.599. The van der Waals surface area contributed by atoms with Crippen LogP contribution in [0.3, 0.4) is 0 Å². The van der Waals surface area contributed by atoms with Gasteiger partial charge in [0.25, 0.3) is 5.69 Å². The third kappa shape index (κ3) is 3.08. The zero-order valence-corrected chi connectivity index (χ0v) is 15.8. The molecule has 0 unspecified atom stereocenters. The van der Waals surface area contributed by atoms with Crippen LogP contribution in [-0.2, 0) is 0 Å². The van der Waals surface area contributed by atoms with Crippen molar-refractivity contribution in [2.75, 3.05) is 10.2 Å². The lowest BCUT2D eigenvalue weighted by molar-refractivity contribution is -0.384.